The average Bonchev–Trinajstić information content (AvgIpc) is 2.48. The number of aryl methyl sites for hydroxylation is 1. The van der Waals surface area contributed by atoms with E-state index in [1.807, 2.05) is 37.3 Å². The molecule has 102 valence electrons. The number of rotatable bonds is 4. The third-order valence-corrected chi connectivity index (χ3v) is 3.33. The van der Waals surface area contributed by atoms with Crippen molar-refractivity contribution >= 4 is 0 Å². The van der Waals surface area contributed by atoms with E-state index in [2.05, 4.69) is 12.1 Å². The summed E-state index contributed by atoms with van der Waals surface area (Å²) in [6.45, 7) is 2.02. The zero-order valence-electron chi connectivity index (χ0n) is 11.9. The monoisotopic (exact) mass is 267 g/mol. The third-order valence-electron chi connectivity index (χ3n) is 3.33. The molecule has 0 saturated carbocycles. The van der Waals surface area contributed by atoms with E-state index in [1.165, 1.54) is 0 Å². The lowest BCUT2D eigenvalue weighted by molar-refractivity contribution is 0.355. The lowest BCUT2D eigenvalue weighted by Crippen LogP contribution is -1.92. The summed E-state index contributed by atoms with van der Waals surface area (Å²) >= 11 is 0. The molecule has 0 saturated heterocycles. The number of nitriles is 1. The molecule has 0 aliphatic carbocycles. The molecule has 20 heavy (non-hydrogen) atoms. The van der Waals surface area contributed by atoms with Crippen molar-refractivity contribution < 1.29 is 9.47 Å². The van der Waals surface area contributed by atoms with Gasteiger partial charge in [0.1, 0.15) is 0 Å². The van der Waals surface area contributed by atoms with Gasteiger partial charge in [-0.25, -0.2) is 0 Å². The molecule has 0 bridgehead atoms. The van der Waals surface area contributed by atoms with Gasteiger partial charge in [-0.2, -0.15) is 5.26 Å². The Bertz CT molecular complexity index is 657. The molecule has 0 N–H and O–H groups in total. The van der Waals surface area contributed by atoms with Crippen LogP contribution in [0.4, 0.5) is 0 Å². The number of hydrogen-bond acceptors (Lipinski definition) is 3. The van der Waals surface area contributed by atoms with Crippen LogP contribution in [0.3, 0.4) is 0 Å². The number of benzene rings is 2. The molecule has 0 amide bonds. The molecule has 0 unspecified atom stereocenters. The fourth-order valence-corrected chi connectivity index (χ4v) is 2.17. The van der Waals surface area contributed by atoms with Crippen molar-refractivity contribution in [3.8, 4) is 28.7 Å². The maximum absolute atomic E-state index is 8.78. The Labute approximate surface area is 119 Å². The number of ether oxygens (including phenoxy) is 2. The molecule has 0 spiro atoms. The third kappa shape index (κ3) is 2.75. The van der Waals surface area contributed by atoms with E-state index in [4.69, 9.17) is 14.7 Å². The zero-order valence-corrected chi connectivity index (χ0v) is 11.9. The zero-order chi connectivity index (χ0) is 14.5. The van der Waals surface area contributed by atoms with Crippen molar-refractivity contribution in [2.45, 2.75) is 13.3 Å². The molecule has 0 atom stereocenters. The van der Waals surface area contributed by atoms with Crippen LogP contribution in [0.15, 0.2) is 36.4 Å². The molecule has 2 rings (SSSR count). The van der Waals surface area contributed by atoms with Crippen LogP contribution in [0, 0.1) is 18.3 Å². The van der Waals surface area contributed by atoms with Gasteiger partial charge < -0.3 is 9.47 Å². The van der Waals surface area contributed by atoms with Gasteiger partial charge in [0.2, 0.25) is 0 Å². The van der Waals surface area contributed by atoms with Gasteiger partial charge in [0.25, 0.3) is 0 Å². The van der Waals surface area contributed by atoms with Gasteiger partial charge in [0.15, 0.2) is 11.5 Å². The molecule has 0 aromatic heterocycles. The van der Waals surface area contributed by atoms with Crippen molar-refractivity contribution in [3.05, 3.63) is 47.5 Å². The fourth-order valence-electron chi connectivity index (χ4n) is 2.17. The summed E-state index contributed by atoms with van der Waals surface area (Å²) in [5.41, 5.74) is 4.36. The summed E-state index contributed by atoms with van der Waals surface area (Å²) < 4.78 is 10.6. The summed E-state index contributed by atoms with van der Waals surface area (Å²) in [4.78, 5) is 0. The van der Waals surface area contributed by atoms with Gasteiger partial charge in [-0.15, -0.1) is 0 Å². The topological polar surface area (TPSA) is 42.2 Å². The van der Waals surface area contributed by atoms with Crippen molar-refractivity contribution in [2.24, 2.45) is 0 Å². The molecule has 0 radical (unpaired) electrons. The summed E-state index contributed by atoms with van der Waals surface area (Å²) in [7, 11) is 3.25. The van der Waals surface area contributed by atoms with E-state index < -0.39 is 0 Å². The maximum atomic E-state index is 8.78. The predicted octanol–water partition coefficient (Wildman–Crippen LogP) is 3.75. The van der Waals surface area contributed by atoms with Gasteiger partial charge in [-0.05, 0) is 41.3 Å². The maximum Gasteiger partial charge on any atom is 0.161 e. The molecule has 3 heteroatoms. The molecule has 3 nitrogen and oxygen atoms in total. The molecule has 2 aromatic carbocycles. The molecule has 2 aromatic rings. The minimum absolute atomic E-state index is 0.443. The second-order valence-electron chi connectivity index (χ2n) is 4.55. The molecule has 0 heterocycles. The highest BCUT2D eigenvalue weighted by atomic mass is 16.5. The molecule has 0 fully saturated rings. The predicted molar refractivity (Wildman–Crippen MR) is 79.0 cm³/mol. The SMILES string of the molecule is COc1ccc(-c2ccc(CC#N)c(C)c2)cc1OC. The van der Waals surface area contributed by atoms with Crippen LogP contribution in [0.5, 0.6) is 11.5 Å². The van der Waals surface area contributed by atoms with Crippen LogP contribution < -0.4 is 9.47 Å². The molecular weight excluding hydrogens is 250 g/mol. The van der Waals surface area contributed by atoms with Crippen LogP contribution in [-0.2, 0) is 6.42 Å². The first-order chi connectivity index (χ1) is 9.69. The Hall–Kier alpha value is -2.47. The van der Waals surface area contributed by atoms with Crippen molar-refractivity contribution in [2.75, 3.05) is 14.2 Å². The Morgan fingerprint density at radius 2 is 1.60 bits per heavy atom. The summed E-state index contributed by atoms with van der Waals surface area (Å²) in [5, 5.41) is 8.78. The lowest BCUT2D eigenvalue weighted by atomic mass is 9.98. The normalized spacial score (nSPS) is 9.90. The van der Waals surface area contributed by atoms with Gasteiger partial charge in [-0.3, -0.25) is 0 Å². The molecule has 0 aliphatic rings. The quantitative estimate of drug-likeness (QED) is 0.847. The van der Waals surface area contributed by atoms with Crippen molar-refractivity contribution in [3.63, 3.8) is 0 Å². The average molecular weight is 267 g/mol. The lowest BCUT2D eigenvalue weighted by Gasteiger charge is -2.11. The van der Waals surface area contributed by atoms with Crippen molar-refractivity contribution in [1.29, 1.82) is 5.26 Å². The highest BCUT2D eigenvalue weighted by Crippen LogP contribution is 2.32. The molecular formula is C17H17NO2. The minimum atomic E-state index is 0.443. The van der Waals surface area contributed by atoms with E-state index >= 15 is 0 Å². The standard InChI is InChI=1S/C17H17NO2/c1-12-10-14(5-4-13(12)8-9-18)15-6-7-16(19-2)17(11-15)20-3/h4-7,10-11H,8H2,1-3H3. The van der Waals surface area contributed by atoms with Gasteiger partial charge in [0, 0.05) is 0 Å². The highest BCUT2D eigenvalue weighted by Gasteiger charge is 2.07. The van der Waals surface area contributed by atoms with Gasteiger partial charge >= 0.3 is 0 Å². The van der Waals surface area contributed by atoms with E-state index in [1.54, 1.807) is 14.2 Å². The van der Waals surface area contributed by atoms with E-state index in [-0.39, 0.29) is 0 Å². The Balaban J connectivity index is 2.42. The Morgan fingerprint density at radius 3 is 2.20 bits per heavy atom. The van der Waals surface area contributed by atoms with Crippen LogP contribution in [-0.4, -0.2) is 14.2 Å². The van der Waals surface area contributed by atoms with Crippen LogP contribution >= 0.6 is 0 Å². The number of nitrogens with zero attached hydrogens (tertiary/aromatic N) is 1. The van der Waals surface area contributed by atoms with Crippen LogP contribution in [0.25, 0.3) is 11.1 Å². The van der Waals surface area contributed by atoms with E-state index in [9.17, 15) is 0 Å². The van der Waals surface area contributed by atoms with E-state index in [0.29, 0.717) is 17.9 Å². The smallest absolute Gasteiger partial charge is 0.161 e. The largest absolute Gasteiger partial charge is 0.493 e. The summed E-state index contributed by atoms with van der Waals surface area (Å²) in [6, 6.07) is 14.2. The van der Waals surface area contributed by atoms with Crippen molar-refractivity contribution in [1.82, 2.24) is 0 Å². The first kappa shape index (κ1) is 14.0. The first-order valence-corrected chi connectivity index (χ1v) is 6.38. The Kier molecular flexibility index (Phi) is 4.27. The van der Waals surface area contributed by atoms with E-state index in [0.717, 1.165) is 22.3 Å². The summed E-state index contributed by atoms with van der Waals surface area (Å²) in [5.74, 6) is 1.43. The summed E-state index contributed by atoms with van der Waals surface area (Å²) in [6.07, 6.45) is 0.443. The Morgan fingerprint density at radius 1 is 0.950 bits per heavy atom. The second kappa shape index (κ2) is 6.12. The minimum Gasteiger partial charge on any atom is -0.493 e. The number of methoxy groups -OCH3 is 2. The van der Waals surface area contributed by atoms with Gasteiger partial charge in [0.05, 0.1) is 26.7 Å². The van der Waals surface area contributed by atoms with Crippen LogP contribution in [0.2, 0.25) is 0 Å². The molecule has 0 aliphatic heterocycles. The van der Waals surface area contributed by atoms with Gasteiger partial charge in [-0.1, -0.05) is 24.3 Å². The first-order valence-electron chi connectivity index (χ1n) is 6.38. The highest BCUT2D eigenvalue weighted by molar-refractivity contribution is 5.68. The van der Waals surface area contributed by atoms with Crippen LogP contribution in [0.1, 0.15) is 11.1 Å². The second-order valence-corrected chi connectivity index (χ2v) is 4.55. The number of hydrogen-bond donors (Lipinski definition) is 0. The fraction of sp³-hybridized carbons (Fsp3) is 0.235.